The number of fused-ring (bicyclic) bond motifs is 1. The predicted molar refractivity (Wildman–Crippen MR) is 152 cm³/mol. The number of allylic oxidation sites excluding steroid dienone is 1. The molecule has 2 aromatic carbocycles. The van der Waals surface area contributed by atoms with Crippen LogP contribution in [-0.4, -0.2) is 24.3 Å². The molecule has 1 aliphatic rings. The Morgan fingerprint density at radius 1 is 1.15 bits per heavy atom. The fourth-order valence-electron chi connectivity index (χ4n) is 4.26. The monoisotopic (exact) mass is 580 g/mol. The maximum atomic E-state index is 13.8. The van der Waals surface area contributed by atoms with Crippen molar-refractivity contribution >= 4 is 46.6 Å². The quantitative estimate of drug-likeness (QED) is 0.212. The number of hydrogen-bond donors (Lipinski definition) is 0. The predicted octanol–water partition coefficient (Wildman–Crippen LogP) is 5.54. The van der Waals surface area contributed by atoms with E-state index >= 15 is 0 Å². The van der Waals surface area contributed by atoms with Crippen molar-refractivity contribution < 1.29 is 18.7 Å². The number of thiazole rings is 1. The van der Waals surface area contributed by atoms with Gasteiger partial charge in [-0.25, -0.2) is 9.79 Å². The van der Waals surface area contributed by atoms with Crippen LogP contribution < -0.4 is 19.6 Å². The lowest BCUT2D eigenvalue weighted by molar-refractivity contribution is -0.138. The van der Waals surface area contributed by atoms with Crippen LogP contribution >= 0.6 is 34.5 Å². The van der Waals surface area contributed by atoms with Gasteiger partial charge in [-0.2, -0.15) is 0 Å². The summed E-state index contributed by atoms with van der Waals surface area (Å²) in [6.45, 7) is 5.37. The van der Waals surface area contributed by atoms with Crippen LogP contribution in [0.25, 0.3) is 17.4 Å². The Morgan fingerprint density at radius 3 is 2.62 bits per heavy atom. The van der Waals surface area contributed by atoms with E-state index in [4.69, 9.17) is 37.1 Å². The fraction of sp³-hybridized carbons (Fsp3) is 0.138. The van der Waals surface area contributed by atoms with Gasteiger partial charge in [0.25, 0.3) is 5.56 Å². The molecule has 0 fully saturated rings. The third-order valence-corrected chi connectivity index (χ3v) is 7.83. The first-order valence-corrected chi connectivity index (χ1v) is 13.4. The van der Waals surface area contributed by atoms with Crippen LogP contribution in [0.2, 0.25) is 10.0 Å². The molecule has 0 saturated heterocycles. The smallest absolute Gasteiger partial charge is 0.338 e. The molecule has 7 nitrogen and oxygen atoms in total. The van der Waals surface area contributed by atoms with Gasteiger partial charge in [0.05, 0.1) is 39.0 Å². The van der Waals surface area contributed by atoms with Crippen molar-refractivity contribution in [2.45, 2.75) is 13.0 Å². The minimum atomic E-state index is -0.741. The van der Waals surface area contributed by atoms with Gasteiger partial charge in [-0.15, -0.1) is 0 Å². The molecule has 5 rings (SSSR count). The van der Waals surface area contributed by atoms with Crippen LogP contribution in [0, 0.1) is 0 Å². The number of methoxy groups -OCH3 is 1. The normalized spacial score (nSPS) is 15.1. The van der Waals surface area contributed by atoms with Gasteiger partial charge >= 0.3 is 5.97 Å². The molecule has 1 atom stereocenters. The van der Waals surface area contributed by atoms with E-state index in [-0.39, 0.29) is 17.7 Å². The number of hydrogen-bond acceptors (Lipinski definition) is 7. The van der Waals surface area contributed by atoms with Crippen LogP contribution in [-0.2, 0) is 9.53 Å². The molecular formula is C29H22Cl2N2O5S. The SMILES string of the molecule is C=CCOC(=O)C1=C(C)N=c2s/c(=C/c3ccc(-c4ccc(Cl)c(Cl)c4)o3)c(=O)n2[C@@H]1c1ccc(OC)cc1. The summed E-state index contributed by atoms with van der Waals surface area (Å²) in [6, 6.07) is 15.2. The number of furan rings is 1. The molecule has 0 saturated carbocycles. The Balaban J connectivity index is 1.61. The Morgan fingerprint density at radius 2 is 1.92 bits per heavy atom. The summed E-state index contributed by atoms with van der Waals surface area (Å²) in [4.78, 5) is 31.9. The van der Waals surface area contributed by atoms with Gasteiger partial charge < -0.3 is 13.9 Å². The van der Waals surface area contributed by atoms with Gasteiger partial charge in [-0.3, -0.25) is 9.36 Å². The van der Waals surface area contributed by atoms with Gasteiger partial charge in [0.15, 0.2) is 4.80 Å². The molecular weight excluding hydrogens is 559 g/mol. The minimum absolute atomic E-state index is 0.0367. The molecule has 0 amide bonds. The number of aromatic nitrogens is 1. The van der Waals surface area contributed by atoms with Crippen molar-refractivity contribution in [1.82, 2.24) is 4.57 Å². The van der Waals surface area contributed by atoms with Gasteiger partial charge in [-0.1, -0.05) is 59.3 Å². The van der Waals surface area contributed by atoms with E-state index in [1.54, 1.807) is 62.6 Å². The van der Waals surface area contributed by atoms with Crippen molar-refractivity contribution in [3.8, 4) is 17.1 Å². The highest BCUT2D eigenvalue weighted by Gasteiger charge is 2.33. The van der Waals surface area contributed by atoms with E-state index in [1.807, 2.05) is 12.1 Å². The summed E-state index contributed by atoms with van der Waals surface area (Å²) in [6.07, 6.45) is 3.14. The van der Waals surface area contributed by atoms with Crippen molar-refractivity contribution in [3.05, 3.63) is 120 Å². The maximum Gasteiger partial charge on any atom is 0.338 e. The minimum Gasteiger partial charge on any atom is -0.497 e. The fourth-order valence-corrected chi connectivity index (χ4v) is 5.59. The molecule has 0 unspecified atom stereocenters. The highest BCUT2D eigenvalue weighted by atomic mass is 35.5. The largest absolute Gasteiger partial charge is 0.497 e. The Kier molecular flexibility index (Phi) is 7.61. The van der Waals surface area contributed by atoms with Crippen LogP contribution in [0.5, 0.6) is 5.75 Å². The number of esters is 1. The van der Waals surface area contributed by atoms with Crippen molar-refractivity contribution in [2.75, 3.05) is 13.7 Å². The van der Waals surface area contributed by atoms with Crippen molar-refractivity contribution in [2.24, 2.45) is 4.99 Å². The highest BCUT2D eigenvalue weighted by Crippen LogP contribution is 2.32. The second-order valence-corrected chi connectivity index (χ2v) is 10.4. The third kappa shape index (κ3) is 5.23. The van der Waals surface area contributed by atoms with Gasteiger partial charge in [0, 0.05) is 11.6 Å². The number of carbonyl (C=O) groups excluding carboxylic acids is 1. The molecule has 0 spiro atoms. The molecule has 4 aromatic rings. The summed E-state index contributed by atoms with van der Waals surface area (Å²) in [5.74, 6) is 1.14. The molecule has 1 aliphatic heterocycles. The number of halogens is 2. The molecule has 0 N–H and O–H groups in total. The molecule has 2 aromatic heterocycles. The zero-order chi connectivity index (χ0) is 27.7. The number of rotatable bonds is 7. The summed E-state index contributed by atoms with van der Waals surface area (Å²) in [5.41, 5.74) is 1.90. The van der Waals surface area contributed by atoms with Gasteiger partial charge in [0.2, 0.25) is 0 Å². The summed E-state index contributed by atoms with van der Waals surface area (Å²) in [5, 5.41) is 0.861. The molecule has 198 valence electrons. The van der Waals surface area contributed by atoms with Crippen molar-refractivity contribution in [3.63, 3.8) is 0 Å². The third-order valence-electron chi connectivity index (χ3n) is 6.11. The zero-order valence-corrected chi connectivity index (χ0v) is 23.3. The van der Waals surface area contributed by atoms with E-state index in [2.05, 4.69) is 11.6 Å². The van der Waals surface area contributed by atoms with E-state index in [0.29, 0.717) is 47.9 Å². The Hall–Kier alpha value is -3.85. The molecule has 3 heterocycles. The topological polar surface area (TPSA) is 83.0 Å². The Bertz CT molecular complexity index is 1800. The van der Waals surface area contributed by atoms with Crippen LogP contribution in [0.3, 0.4) is 0 Å². The lowest BCUT2D eigenvalue weighted by atomic mass is 9.96. The molecule has 0 bridgehead atoms. The van der Waals surface area contributed by atoms with E-state index in [0.717, 1.165) is 5.56 Å². The second kappa shape index (κ2) is 11.1. The van der Waals surface area contributed by atoms with Crippen molar-refractivity contribution in [1.29, 1.82) is 0 Å². The first kappa shape index (κ1) is 26.7. The van der Waals surface area contributed by atoms with Crippen LogP contribution in [0.15, 0.2) is 92.7 Å². The maximum absolute atomic E-state index is 13.8. The van der Waals surface area contributed by atoms with Gasteiger partial charge in [-0.05, 0) is 55.0 Å². The Labute approximate surface area is 237 Å². The highest BCUT2D eigenvalue weighted by molar-refractivity contribution is 7.07. The lowest BCUT2D eigenvalue weighted by Crippen LogP contribution is -2.39. The van der Waals surface area contributed by atoms with E-state index in [9.17, 15) is 9.59 Å². The number of ether oxygens (including phenoxy) is 2. The summed E-state index contributed by atoms with van der Waals surface area (Å²) < 4.78 is 18.5. The van der Waals surface area contributed by atoms with Crippen LogP contribution in [0.4, 0.5) is 0 Å². The second-order valence-electron chi connectivity index (χ2n) is 8.57. The number of nitrogens with zero attached hydrogens (tertiary/aromatic N) is 2. The average molecular weight is 581 g/mol. The molecule has 10 heteroatoms. The summed E-state index contributed by atoms with van der Waals surface area (Å²) in [7, 11) is 1.57. The molecule has 0 aliphatic carbocycles. The van der Waals surface area contributed by atoms with E-state index in [1.165, 1.54) is 22.0 Å². The summed E-state index contributed by atoms with van der Waals surface area (Å²) >= 11 is 13.4. The molecule has 0 radical (unpaired) electrons. The zero-order valence-electron chi connectivity index (χ0n) is 20.9. The first-order valence-electron chi connectivity index (χ1n) is 11.8. The molecule has 39 heavy (non-hydrogen) atoms. The number of benzene rings is 2. The van der Waals surface area contributed by atoms with E-state index < -0.39 is 12.0 Å². The lowest BCUT2D eigenvalue weighted by Gasteiger charge is -2.24. The van der Waals surface area contributed by atoms with Crippen LogP contribution in [0.1, 0.15) is 24.3 Å². The standard InChI is InChI=1S/C29H22Cl2N2O5S/c1-4-13-37-28(35)25-16(2)32-29-33(26(25)17-5-8-19(36-3)9-6-17)27(34)24(39-29)15-20-10-12-23(38-20)18-7-11-21(30)22(31)14-18/h4-12,14-15,26H,1,13H2,2-3H3/b24-15+/t26-/m1/s1. The van der Waals surface area contributed by atoms with Gasteiger partial charge in [0.1, 0.15) is 23.9 Å². The average Bonchev–Trinajstić information content (AvgIpc) is 3.52. The number of carbonyl (C=O) groups is 1. The first-order chi connectivity index (χ1) is 18.8.